The summed E-state index contributed by atoms with van der Waals surface area (Å²) in [6.07, 6.45) is 3.28. The van der Waals surface area contributed by atoms with Gasteiger partial charge in [0, 0.05) is 6.20 Å². The number of nitrogens with zero attached hydrogens (tertiary/aromatic N) is 2. The molecule has 4 nitrogen and oxygen atoms in total. The van der Waals surface area contributed by atoms with E-state index in [0.717, 1.165) is 0 Å². The van der Waals surface area contributed by atoms with E-state index in [9.17, 15) is 9.18 Å². The Labute approximate surface area is 85.5 Å². The van der Waals surface area contributed by atoms with Crippen molar-refractivity contribution in [2.75, 3.05) is 0 Å². The summed E-state index contributed by atoms with van der Waals surface area (Å²) in [6.45, 7) is 0. The molecule has 0 saturated carbocycles. The molecule has 5 heteroatoms. The van der Waals surface area contributed by atoms with Crippen molar-refractivity contribution in [2.45, 2.75) is 0 Å². The minimum absolute atomic E-state index is 0.0134. The summed E-state index contributed by atoms with van der Waals surface area (Å²) in [5.41, 5.74) is -0.0134. The number of hydrogen-bond donors (Lipinski definition) is 1. The molecule has 1 aromatic rings. The lowest BCUT2D eigenvalue weighted by molar-refractivity contribution is 0.0955. The topological polar surface area (TPSA) is 53.8 Å². The van der Waals surface area contributed by atoms with Crippen molar-refractivity contribution in [3.05, 3.63) is 54.1 Å². The smallest absolute Gasteiger partial charge is 0.256 e. The third-order valence-corrected chi connectivity index (χ3v) is 1.82. The van der Waals surface area contributed by atoms with Gasteiger partial charge in [-0.05, 0) is 18.2 Å². The Hall–Kier alpha value is -2.04. The molecule has 0 fully saturated rings. The molecule has 1 aromatic carbocycles. The van der Waals surface area contributed by atoms with Crippen molar-refractivity contribution < 1.29 is 9.18 Å². The zero-order valence-electron chi connectivity index (χ0n) is 7.64. The van der Waals surface area contributed by atoms with Crippen molar-refractivity contribution in [1.29, 1.82) is 0 Å². The summed E-state index contributed by atoms with van der Waals surface area (Å²) in [7, 11) is 0. The summed E-state index contributed by atoms with van der Waals surface area (Å²) in [5, 5.41) is 9.57. The van der Waals surface area contributed by atoms with Gasteiger partial charge in [0.25, 0.3) is 5.91 Å². The molecule has 75 valence electrons. The first-order valence-corrected chi connectivity index (χ1v) is 4.27. The Morgan fingerprint density at radius 3 is 2.80 bits per heavy atom. The highest BCUT2D eigenvalue weighted by Gasteiger charge is 2.16. The van der Waals surface area contributed by atoms with Crippen LogP contribution < -0.4 is 5.32 Å². The minimum Gasteiger partial charge on any atom is -0.319 e. The summed E-state index contributed by atoms with van der Waals surface area (Å²) in [6, 6.07) is 5.75. The molecule has 0 aliphatic carbocycles. The van der Waals surface area contributed by atoms with Crippen LogP contribution in [0.1, 0.15) is 10.4 Å². The number of hydrogen-bond acceptors (Lipinski definition) is 3. The highest BCUT2D eigenvalue weighted by Crippen LogP contribution is 2.11. The van der Waals surface area contributed by atoms with Gasteiger partial charge in [0.2, 0.25) is 6.17 Å². The number of carbonyl (C=O) groups excluding carboxylic acids is 1. The third-order valence-electron chi connectivity index (χ3n) is 1.82. The van der Waals surface area contributed by atoms with E-state index in [4.69, 9.17) is 0 Å². The molecule has 0 saturated heterocycles. The molecule has 2 rings (SSSR count). The Morgan fingerprint density at radius 2 is 2.13 bits per heavy atom. The molecular formula is C10H7FN3O. The summed E-state index contributed by atoms with van der Waals surface area (Å²) < 4.78 is 13.2. The minimum atomic E-state index is -0.561. The first-order chi connectivity index (χ1) is 7.27. The second kappa shape index (κ2) is 4.00. The van der Waals surface area contributed by atoms with Gasteiger partial charge < -0.3 is 5.32 Å². The molecule has 0 unspecified atom stereocenters. The Balaban J connectivity index is 2.11. The van der Waals surface area contributed by atoms with E-state index < -0.39 is 11.7 Å². The van der Waals surface area contributed by atoms with Gasteiger partial charge in [-0.1, -0.05) is 12.1 Å². The van der Waals surface area contributed by atoms with Crippen LogP contribution in [0.2, 0.25) is 0 Å². The number of carbonyl (C=O) groups is 1. The number of nitrogens with one attached hydrogen (secondary N) is 1. The van der Waals surface area contributed by atoms with E-state index in [-0.39, 0.29) is 5.56 Å². The van der Waals surface area contributed by atoms with Crippen LogP contribution >= 0.6 is 0 Å². The van der Waals surface area contributed by atoms with E-state index in [2.05, 4.69) is 15.5 Å². The number of amides is 1. The van der Waals surface area contributed by atoms with Gasteiger partial charge in [0.05, 0.1) is 5.56 Å². The van der Waals surface area contributed by atoms with Crippen LogP contribution in [0.25, 0.3) is 0 Å². The average molecular weight is 204 g/mol. The van der Waals surface area contributed by atoms with Gasteiger partial charge in [-0.2, -0.15) is 10.2 Å². The Morgan fingerprint density at radius 1 is 1.33 bits per heavy atom. The highest BCUT2D eigenvalue weighted by molar-refractivity contribution is 5.95. The molecule has 15 heavy (non-hydrogen) atoms. The van der Waals surface area contributed by atoms with Crippen LogP contribution in [0.4, 0.5) is 4.39 Å². The number of azo groups is 1. The van der Waals surface area contributed by atoms with Gasteiger partial charge in [0.1, 0.15) is 5.82 Å². The fourth-order valence-electron chi connectivity index (χ4n) is 1.13. The monoisotopic (exact) mass is 204 g/mol. The summed E-state index contributed by atoms with van der Waals surface area (Å²) in [5.74, 6) is -1.09. The molecule has 1 radical (unpaired) electrons. The number of halogens is 1. The SMILES string of the molecule is O=C(N[C]1C=CN=N1)c1ccccc1F. The molecule has 0 bridgehead atoms. The first-order valence-electron chi connectivity index (χ1n) is 4.27. The van der Waals surface area contributed by atoms with Gasteiger partial charge in [-0.15, -0.1) is 0 Å². The van der Waals surface area contributed by atoms with Crippen molar-refractivity contribution in [3.63, 3.8) is 0 Å². The van der Waals surface area contributed by atoms with Crippen LogP contribution in [-0.2, 0) is 0 Å². The molecule has 1 aliphatic rings. The quantitative estimate of drug-likeness (QED) is 0.787. The fraction of sp³-hybridized carbons (Fsp3) is 0. The van der Waals surface area contributed by atoms with Crippen LogP contribution in [0.15, 0.2) is 46.8 Å². The second-order valence-electron chi connectivity index (χ2n) is 2.85. The molecule has 1 heterocycles. The largest absolute Gasteiger partial charge is 0.319 e. The number of rotatable bonds is 2. The Kier molecular flexibility index (Phi) is 2.53. The van der Waals surface area contributed by atoms with E-state index in [1.165, 1.54) is 30.5 Å². The van der Waals surface area contributed by atoms with Crippen LogP contribution in [0.5, 0.6) is 0 Å². The molecule has 0 atom stereocenters. The highest BCUT2D eigenvalue weighted by atomic mass is 19.1. The lowest BCUT2D eigenvalue weighted by atomic mass is 10.2. The van der Waals surface area contributed by atoms with E-state index in [1.807, 2.05) is 0 Å². The molecule has 1 N–H and O–H groups in total. The van der Waals surface area contributed by atoms with Gasteiger partial charge in [-0.25, -0.2) is 4.39 Å². The maximum atomic E-state index is 13.2. The molecule has 1 amide bonds. The fourth-order valence-corrected chi connectivity index (χ4v) is 1.13. The lowest BCUT2D eigenvalue weighted by Crippen LogP contribution is -2.26. The standard InChI is InChI=1S/C10H7FN3O/c11-8-4-2-1-3-7(8)10(15)13-9-5-6-12-14-9/h1-6H,(H,13,15). The molecule has 1 aliphatic heterocycles. The maximum Gasteiger partial charge on any atom is 0.256 e. The van der Waals surface area contributed by atoms with E-state index in [0.29, 0.717) is 6.17 Å². The molecule has 0 spiro atoms. The predicted molar refractivity (Wildman–Crippen MR) is 51.1 cm³/mol. The predicted octanol–water partition coefficient (Wildman–Crippen LogP) is 2.02. The van der Waals surface area contributed by atoms with Crippen molar-refractivity contribution in [1.82, 2.24) is 5.32 Å². The lowest BCUT2D eigenvalue weighted by Gasteiger charge is -2.05. The molecule has 0 aromatic heterocycles. The van der Waals surface area contributed by atoms with Gasteiger partial charge in [-0.3, -0.25) is 4.79 Å². The summed E-state index contributed by atoms with van der Waals surface area (Å²) >= 11 is 0. The van der Waals surface area contributed by atoms with E-state index in [1.54, 1.807) is 6.07 Å². The van der Waals surface area contributed by atoms with Gasteiger partial charge in [0.15, 0.2) is 0 Å². The second-order valence-corrected chi connectivity index (χ2v) is 2.85. The summed E-state index contributed by atoms with van der Waals surface area (Å²) in [4.78, 5) is 11.5. The normalized spacial score (nSPS) is 14.5. The van der Waals surface area contributed by atoms with Gasteiger partial charge >= 0.3 is 0 Å². The first kappa shape index (κ1) is 9.51. The third kappa shape index (κ3) is 2.07. The van der Waals surface area contributed by atoms with Crippen LogP contribution in [-0.4, -0.2) is 5.91 Å². The van der Waals surface area contributed by atoms with Crippen LogP contribution in [0, 0.1) is 12.0 Å². The number of benzene rings is 1. The van der Waals surface area contributed by atoms with Crippen LogP contribution in [0.3, 0.4) is 0 Å². The van der Waals surface area contributed by atoms with E-state index >= 15 is 0 Å². The van der Waals surface area contributed by atoms with Crippen molar-refractivity contribution >= 4 is 5.91 Å². The average Bonchev–Trinajstić information content (AvgIpc) is 2.71. The zero-order valence-corrected chi connectivity index (χ0v) is 7.64. The van der Waals surface area contributed by atoms with Crippen molar-refractivity contribution in [3.8, 4) is 0 Å². The maximum absolute atomic E-state index is 13.2. The molecular weight excluding hydrogens is 197 g/mol. The zero-order chi connectivity index (χ0) is 10.7. The Bertz CT molecular complexity index is 430. The van der Waals surface area contributed by atoms with Crippen molar-refractivity contribution in [2.24, 2.45) is 10.2 Å².